The molecule has 1 aromatic heterocycles. The topological polar surface area (TPSA) is 54.0 Å². The van der Waals surface area contributed by atoms with E-state index in [4.69, 9.17) is 0 Å². The molecule has 0 atom stereocenters. The second kappa shape index (κ2) is 8.25. The Kier molecular flexibility index (Phi) is 5.59. The van der Waals surface area contributed by atoms with Crippen LogP contribution in [0.15, 0.2) is 66.9 Å². The summed E-state index contributed by atoms with van der Waals surface area (Å²) < 4.78 is 13.6. The molecule has 1 amide bonds. The van der Waals surface area contributed by atoms with Gasteiger partial charge in [0.25, 0.3) is 5.91 Å². The van der Waals surface area contributed by atoms with E-state index in [0.29, 0.717) is 24.3 Å². The normalized spacial score (nSPS) is 10.4. The fourth-order valence-electron chi connectivity index (χ4n) is 2.57. The van der Waals surface area contributed by atoms with Crippen molar-refractivity contribution in [2.45, 2.75) is 20.0 Å². The third kappa shape index (κ3) is 4.66. The highest BCUT2D eigenvalue weighted by molar-refractivity contribution is 5.92. The molecule has 0 unspecified atom stereocenters. The molecule has 0 aliphatic heterocycles. The smallest absolute Gasteiger partial charge is 0.270 e. The molecule has 0 aliphatic rings. The molecule has 0 saturated carbocycles. The Morgan fingerprint density at radius 1 is 1.04 bits per heavy atom. The SMILES string of the molecule is Cc1cccc(CNC(=O)c2ccc(NCc3ccccc3F)cn2)c1. The molecule has 0 saturated heterocycles. The quantitative estimate of drug-likeness (QED) is 0.705. The first-order valence-corrected chi connectivity index (χ1v) is 8.39. The van der Waals surface area contributed by atoms with Gasteiger partial charge in [0.1, 0.15) is 11.5 Å². The molecule has 0 bridgehead atoms. The van der Waals surface area contributed by atoms with Crippen LogP contribution in [-0.2, 0) is 13.1 Å². The summed E-state index contributed by atoms with van der Waals surface area (Å²) in [7, 11) is 0. The molecule has 0 aliphatic carbocycles. The highest BCUT2D eigenvalue weighted by atomic mass is 19.1. The van der Waals surface area contributed by atoms with Crippen molar-refractivity contribution in [3.8, 4) is 0 Å². The van der Waals surface area contributed by atoms with E-state index in [9.17, 15) is 9.18 Å². The molecule has 4 nitrogen and oxygen atoms in total. The molecule has 0 spiro atoms. The van der Waals surface area contributed by atoms with Crippen molar-refractivity contribution in [2.75, 3.05) is 5.32 Å². The van der Waals surface area contributed by atoms with Crippen LogP contribution in [0.5, 0.6) is 0 Å². The summed E-state index contributed by atoms with van der Waals surface area (Å²) in [6, 6.07) is 18.0. The Balaban J connectivity index is 1.55. The van der Waals surface area contributed by atoms with Crippen LogP contribution in [-0.4, -0.2) is 10.9 Å². The Hall–Kier alpha value is -3.21. The van der Waals surface area contributed by atoms with Gasteiger partial charge in [-0.1, -0.05) is 48.0 Å². The van der Waals surface area contributed by atoms with E-state index in [2.05, 4.69) is 15.6 Å². The lowest BCUT2D eigenvalue weighted by Crippen LogP contribution is -2.23. The lowest BCUT2D eigenvalue weighted by Gasteiger charge is -2.09. The van der Waals surface area contributed by atoms with Crippen molar-refractivity contribution < 1.29 is 9.18 Å². The van der Waals surface area contributed by atoms with E-state index in [-0.39, 0.29) is 11.7 Å². The summed E-state index contributed by atoms with van der Waals surface area (Å²) in [5, 5.41) is 5.95. The van der Waals surface area contributed by atoms with Gasteiger partial charge in [-0.25, -0.2) is 9.37 Å². The molecular weight excluding hydrogens is 329 g/mol. The van der Waals surface area contributed by atoms with Crippen molar-refractivity contribution in [1.29, 1.82) is 0 Å². The average molecular weight is 349 g/mol. The number of anilines is 1. The van der Waals surface area contributed by atoms with E-state index >= 15 is 0 Å². The van der Waals surface area contributed by atoms with Gasteiger partial charge in [0.15, 0.2) is 0 Å². The number of aryl methyl sites for hydroxylation is 1. The van der Waals surface area contributed by atoms with E-state index in [0.717, 1.165) is 16.8 Å². The number of hydrogen-bond acceptors (Lipinski definition) is 3. The largest absolute Gasteiger partial charge is 0.380 e. The van der Waals surface area contributed by atoms with Crippen molar-refractivity contribution >= 4 is 11.6 Å². The number of pyridine rings is 1. The van der Waals surface area contributed by atoms with Crippen LogP contribution in [0.25, 0.3) is 0 Å². The van der Waals surface area contributed by atoms with Gasteiger partial charge < -0.3 is 10.6 Å². The van der Waals surface area contributed by atoms with Gasteiger partial charge in [0.2, 0.25) is 0 Å². The fraction of sp³-hybridized carbons (Fsp3) is 0.143. The molecule has 132 valence electrons. The maximum absolute atomic E-state index is 13.6. The molecule has 3 rings (SSSR count). The average Bonchev–Trinajstić information content (AvgIpc) is 2.66. The summed E-state index contributed by atoms with van der Waals surface area (Å²) in [6.07, 6.45) is 1.57. The van der Waals surface area contributed by atoms with Gasteiger partial charge >= 0.3 is 0 Å². The minimum Gasteiger partial charge on any atom is -0.380 e. The summed E-state index contributed by atoms with van der Waals surface area (Å²) in [5.41, 5.74) is 3.84. The first-order chi connectivity index (χ1) is 12.6. The number of benzene rings is 2. The van der Waals surface area contributed by atoms with Gasteiger partial charge in [0.05, 0.1) is 11.9 Å². The maximum atomic E-state index is 13.6. The number of amides is 1. The molecule has 2 N–H and O–H groups in total. The number of nitrogens with one attached hydrogen (secondary N) is 2. The number of nitrogens with zero attached hydrogens (tertiary/aromatic N) is 1. The van der Waals surface area contributed by atoms with Crippen LogP contribution in [0.2, 0.25) is 0 Å². The summed E-state index contributed by atoms with van der Waals surface area (Å²) in [6.45, 7) is 2.82. The Morgan fingerprint density at radius 3 is 2.62 bits per heavy atom. The third-order valence-corrected chi connectivity index (χ3v) is 3.97. The molecule has 1 heterocycles. The van der Waals surface area contributed by atoms with Crippen molar-refractivity contribution in [2.24, 2.45) is 0 Å². The maximum Gasteiger partial charge on any atom is 0.270 e. The number of carbonyl (C=O) groups is 1. The van der Waals surface area contributed by atoms with E-state index in [1.54, 1.807) is 36.5 Å². The van der Waals surface area contributed by atoms with Crippen molar-refractivity contribution in [1.82, 2.24) is 10.3 Å². The van der Waals surface area contributed by atoms with Crippen LogP contribution in [0.1, 0.15) is 27.2 Å². The second-order valence-corrected chi connectivity index (χ2v) is 6.05. The van der Waals surface area contributed by atoms with Gasteiger partial charge in [-0.2, -0.15) is 0 Å². The molecule has 0 radical (unpaired) electrons. The van der Waals surface area contributed by atoms with Crippen LogP contribution in [0.4, 0.5) is 10.1 Å². The zero-order valence-corrected chi connectivity index (χ0v) is 14.5. The molecule has 3 aromatic rings. The molecular formula is C21H20FN3O. The van der Waals surface area contributed by atoms with E-state index < -0.39 is 0 Å². The molecule has 5 heteroatoms. The number of aromatic nitrogens is 1. The minimum absolute atomic E-state index is 0.229. The van der Waals surface area contributed by atoms with E-state index in [1.165, 1.54) is 6.07 Å². The van der Waals surface area contributed by atoms with Crippen LogP contribution in [0, 0.1) is 12.7 Å². The van der Waals surface area contributed by atoms with Crippen LogP contribution < -0.4 is 10.6 Å². The summed E-state index contributed by atoms with van der Waals surface area (Å²) >= 11 is 0. The van der Waals surface area contributed by atoms with Gasteiger partial charge in [-0.3, -0.25) is 4.79 Å². The zero-order chi connectivity index (χ0) is 18.4. The Bertz CT molecular complexity index is 894. The minimum atomic E-state index is -0.250. The van der Waals surface area contributed by atoms with Crippen LogP contribution >= 0.6 is 0 Å². The highest BCUT2D eigenvalue weighted by Gasteiger charge is 2.07. The summed E-state index contributed by atoms with van der Waals surface area (Å²) in [5.74, 6) is -0.479. The van der Waals surface area contributed by atoms with Gasteiger partial charge in [-0.15, -0.1) is 0 Å². The number of halogens is 1. The van der Waals surface area contributed by atoms with Crippen molar-refractivity contribution in [3.05, 3.63) is 95.1 Å². The lowest BCUT2D eigenvalue weighted by atomic mass is 10.1. The molecule has 0 fully saturated rings. The third-order valence-electron chi connectivity index (χ3n) is 3.97. The summed E-state index contributed by atoms with van der Waals surface area (Å²) in [4.78, 5) is 16.4. The lowest BCUT2D eigenvalue weighted by molar-refractivity contribution is 0.0946. The molecule has 26 heavy (non-hydrogen) atoms. The van der Waals surface area contributed by atoms with E-state index in [1.807, 2.05) is 31.2 Å². The monoisotopic (exact) mass is 349 g/mol. The zero-order valence-electron chi connectivity index (χ0n) is 14.5. The number of hydrogen-bond donors (Lipinski definition) is 2. The predicted molar refractivity (Wildman–Crippen MR) is 100 cm³/mol. The molecule has 2 aromatic carbocycles. The fourth-order valence-corrected chi connectivity index (χ4v) is 2.57. The predicted octanol–water partition coefficient (Wildman–Crippen LogP) is 4.07. The highest BCUT2D eigenvalue weighted by Crippen LogP contribution is 2.11. The second-order valence-electron chi connectivity index (χ2n) is 6.05. The van der Waals surface area contributed by atoms with Gasteiger partial charge in [0, 0.05) is 18.7 Å². The standard InChI is InChI=1S/C21H20FN3O/c1-15-5-4-6-16(11-15)12-25-21(26)20-10-9-18(14-24-20)23-13-17-7-2-3-8-19(17)22/h2-11,14,23H,12-13H2,1H3,(H,25,26). The first kappa shape index (κ1) is 17.6. The number of carbonyl (C=O) groups excluding carboxylic acids is 1. The Morgan fingerprint density at radius 2 is 1.88 bits per heavy atom. The van der Waals surface area contributed by atoms with Crippen molar-refractivity contribution in [3.63, 3.8) is 0 Å². The van der Waals surface area contributed by atoms with Crippen LogP contribution in [0.3, 0.4) is 0 Å². The van der Waals surface area contributed by atoms with Gasteiger partial charge in [-0.05, 0) is 30.7 Å². The number of rotatable bonds is 6. The first-order valence-electron chi connectivity index (χ1n) is 8.39. The Labute approximate surface area is 152 Å².